The van der Waals surface area contributed by atoms with Gasteiger partial charge < -0.3 is 10.4 Å². The zero-order valence-corrected chi connectivity index (χ0v) is 8.15. The van der Waals surface area contributed by atoms with E-state index in [-0.39, 0.29) is 0 Å². The Bertz CT molecular complexity index is 147. The molecule has 0 saturated carbocycles. The summed E-state index contributed by atoms with van der Waals surface area (Å²) in [6.45, 7) is 1.44. The Hall–Kier alpha value is 0.270. The van der Waals surface area contributed by atoms with Crippen molar-refractivity contribution in [2.24, 2.45) is 5.92 Å². The standard InChI is InChI=1S/C9H17NOS/c11-6-8-4-7(5-10-8)9-2-1-3-12-9/h7-11H,1-6H2. The lowest BCUT2D eigenvalue weighted by atomic mass is 9.99. The maximum Gasteiger partial charge on any atom is 0.0584 e. The molecule has 2 aliphatic rings. The van der Waals surface area contributed by atoms with Gasteiger partial charge in [-0.3, -0.25) is 0 Å². The quantitative estimate of drug-likeness (QED) is 0.672. The zero-order valence-electron chi connectivity index (χ0n) is 7.33. The van der Waals surface area contributed by atoms with Gasteiger partial charge >= 0.3 is 0 Å². The number of hydrogen-bond donors (Lipinski definition) is 2. The van der Waals surface area contributed by atoms with E-state index in [1.807, 2.05) is 0 Å². The fourth-order valence-corrected chi connectivity index (χ4v) is 3.70. The molecule has 2 aliphatic heterocycles. The molecule has 3 heteroatoms. The van der Waals surface area contributed by atoms with E-state index in [0.29, 0.717) is 12.6 Å². The van der Waals surface area contributed by atoms with Crippen molar-refractivity contribution in [3.63, 3.8) is 0 Å². The number of thioether (sulfide) groups is 1. The molecule has 0 radical (unpaired) electrons. The molecule has 0 aromatic carbocycles. The van der Waals surface area contributed by atoms with Crippen molar-refractivity contribution in [3.8, 4) is 0 Å². The van der Waals surface area contributed by atoms with Crippen LogP contribution in [0.2, 0.25) is 0 Å². The normalized spacial score (nSPS) is 42.2. The van der Waals surface area contributed by atoms with Gasteiger partial charge in [-0.1, -0.05) is 0 Å². The number of hydrogen-bond acceptors (Lipinski definition) is 3. The van der Waals surface area contributed by atoms with Crippen molar-refractivity contribution in [1.29, 1.82) is 0 Å². The summed E-state index contributed by atoms with van der Waals surface area (Å²) in [6, 6.07) is 0.385. The van der Waals surface area contributed by atoms with Gasteiger partial charge in [-0.2, -0.15) is 11.8 Å². The lowest BCUT2D eigenvalue weighted by Gasteiger charge is -2.15. The van der Waals surface area contributed by atoms with Crippen LogP contribution in [0.5, 0.6) is 0 Å². The number of rotatable bonds is 2. The Kier molecular flexibility index (Phi) is 2.94. The molecule has 2 nitrogen and oxygen atoms in total. The first-order chi connectivity index (χ1) is 5.90. The van der Waals surface area contributed by atoms with Crippen LogP contribution in [0.4, 0.5) is 0 Å². The first kappa shape index (κ1) is 8.85. The number of aliphatic hydroxyl groups is 1. The van der Waals surface area contributed by atoms with E-state index >= 15 is 0 Å². The largest absolute Gasteiger partial charge is 0.395 e. The second-order valence-corrected chi connectivity index (χ2v) is 5.18. The number of aliphatic hydroxyl groups excluding tert-OH is 1. The van der Waals surface area contributed by atoms with Gasteiger partial charge in [0, 0.05) is 11.3 Å². The zero-order chi connectivity index (χ0) is 8.39. The smallest absolute Gasteiger partial charge is 0.0584 e. The van der Waals surface area contributed by atoms with Crippen LogP contribution < -0.4 is 5.32 Å². The van der Waals surface area contributed by atoms with Gasteiger partial charge in [-0.05, 0) is 37.5 Å². The molecule has 2 N–H and O–H groups in total. The monoisotopic (exact) mass is 187 g/mol. The first-order valence-corrected chi connectivity index (χ1v) is 5.91. The van der Waals surface area contributed by atoms with E-state index in [1.54, 1.807) is 0 Å². The third-order valence-corrected chi connectivity index (χ3v) is 4.54. The van der Waals surface area contributed by atoms with Crippen molar-refractivity contribution < 1.29 is 5.11 Å². The van der Waals surface area contributed by atoms with Gasteiger partial charge in [0.1, 0.15) is 0 Å². The highest BCUT2D eigenvalue weighted by Crippen LogP contribution is 2.35. The maximum atomic E-state index is 8.96. The molecule has 0 amide bonds. The molecule has 0 aromatic rings. The predicted octanol–water partition coefficient (Wildman–Crippen LogP) is 0.852. The Labute approximate surface area is 78.1 Å². The van der Waals surface area contributed by atoms with Crippen LogP contribution >= 0.6 is 11.8 Å². The van der Waals surface area contributed by atoms with E-state index < -0.39 is 0 Å². The summed E-state index contributed by atoms with van der Waals surface area (Å²) in [5.41, 5.74) is 0. The summed E-state index contributed by atoms with van der Waals surface area (Å²) in [5.74, 6) is 2.18. The van der Waals surface area contributed by atoms with Crippen molar-refractivity contribution in [2.75, 3.05) is 18.9 Å². The molecule has 2 rings (SSSR count). The Morgan fingerprint density at radius 1 is 1.50 bits per heavy atom. The van der Waals surface area contributed by atoms with E-state index in [0.717, 1.165) is 17.7 Å². The van der Waals surface area contributed by atoms with Crippen molar-refractivity contribution in [3.05, 3.63) is 0 Å². The summed E-state index contributed by atoms with van der Waals surface area (Å²) >= 11 is 2.13. The van der Waals surface area contributed by atoms with Gasteiger partial charge in [-0.15, -0.1) is 0 Å². The average Bonchev–Trinajstić information content (AvgIpc) is 2.75. The molecule has 2 heterocycles. The van der Waals surface area contributed by atoms with Crippen LogP contribution in [-0.4, -0.2) is 35.3 Å². The molecule has 0 aromatic heterocycles. The molecule has 2 saturated heterocycles. The molecule has 0 aliphatic carbocycles. The summed E-state index contributed by atoms with van der Waals surface area (Å²) in [6.07, 6.45) is 3.99. The molecular weight excluding hydrogens is 170 g/mol. The summed E-state index contributed by atoms with van der Waals surface area (Å²) in [7, 11) is 0. The van der Waals surface area contributed by atoms with Gasteiger partial charge in [0.25, 0.3) is 0 Å². The molecule has 0 bridgehead atoms. The van der Waals surface area contributed by atoms with Crippen LogP contribution in [0, 0.1) is 5.92 Å². The Morgan fingerprint density at radius 2 is 2.42 bits per heavy atom. The Morgan fingerprint density at radius 3 is 3.00 bits per heavy atom. The van der Waals surface area contributed by atoms with Gasteiger partial charge in [0.05, 0.1) is 6.61 Å². The molecule has 70 valence electrons. The van der Waals surface area contributed by atoms with E-state index in [9.17, 15) is 0 Å². The third kappa shape index (κ3) is 1.78. The van der Waals surface area contributed by atoms with E-state index in [4.69, 9.17) is 5.11 Å². The van der Waals surface area contributed by atoms with Gasteiger partial charge in [0.15, 0.2) is 0 Å². The minimum Gasteiger partial charge on any atom is -0.395 e. The molecule has 0 spiro atoms. The van der Waals surface area contributed by atoms with Crippen LogP contribution in [0.1, 0.15) is 19.3 Å². The van der Waals surface area contributed by atoms with Crippen LogP contribution in [0.3, 0.4) is 0 Å². The van der Waals surface area contributed by atoms with Crippen LogP contribution in [-0.2, 0) is 0 Å². The maximum absolute atomic E-state index is 8.96. The highest BCUT2D eigenvalue weighted by Gasteiger charge is 2.31. The molecule has 3 unspecified atom stereocenters. The summed E-state index contributed by atoms with van der Waals surface area (Å²) < 4.78 is 0. The fraction of sp³-hybridized carbons (Fsp3) is 1.00. The van der Waals surface area contributed by atoms with Crippen molar-refractivity contribution in [2.45, 2.75) is 30.6 Å². The highest BCUT2D eigenvalue weighted by atomic mass is 32.2. The van der Waals surface area contributed by atoms with Crippen LogP contribution in [0.25, 0.3) is 0 Å². The summed E-state index contributed by atoms with van der Waals surface area (Å²) in [5, 5.41) is 13.2. The molecule has 3 atom stereocenters. The SMILES string of the molecule is OCC1CC(C2CCCS2)CN1. The Balaban J connectivity index is 1.81. The van der Waals surface area contributed by atoms with E-state index in [1.165, 1.54) is 25.0 Å². The van der Waals surface area contributed by atoms with Crippen molar-refractivity contribution >= 4 is 11.8 Å². The fourth-order valence-electron chi connectivity index (χ4n) is 2.25. The molecule has 12 heavy (non-hydrogen) atoms. The second-order valence-electron chi connectivity index (χ2n) is 3.83. The predicted molar refractivity (Wildman–Crippen MR) is 52.5 cm³/mol. The summed E-state index contributed by atoms with van der Waals surface area (Å²) in [4.78, 5) is 0. The first-order valence-electron chi connectivity index (χ1n) is 4.86. The van der Waals surface area contributed by atoms with Gasteiger partial charge in [-0.25, -0.2) is 0 Å². The highest BCUT2D eigenvalue weighted by molar-refractivity contribution is 8.00. The van der Waals surface area contributed by atoms with Crippen LogP contribution in [0.15, 0.2) is 0 Å². The molecular formula is C9H17NOS. The minimum absolute atomic E-state index is 0.313. The average molecular weight is 187 g/mol. The topological polar surface area (TPSA) is 32.3 Å². The number of nitrogens with one attached hydrogen (secondary N) is 1. The van der Waals surface area contributed by atoms with E-state index in [2.05, 4.69) is 17.1 Å². The minimum atomic E-state index is 0.313. The molecule has 2 fully saturated rings. The lowest BCUT2D eigenvalue weighted by Crippen LogP contribution is -2.24. The lowest BCUT2D eigenvalue weighted by molar-refractivity contribution is 0.252. The third-order valence-electron chi connectivity index (χ3n) is 2.97. The van der Waals surface area contributed by atoms with Gasteiger partial charge in [0.2, 0.25) is 0 Å². The van der Waals surface area contributed by atoms with Crippen molar-refractivity contribution in [1.82, 2.24) is 5.32 Å². The second kappa shape index (κ2) is 3.99.